The lowest BCUT2D eigenvalue weighted by Crippen LogP contribution is -2.52. The van der Waals surface area contributed by atoms with Gasteiger partial charge in [0.2, 0.25) is 0 Å². The SMILES string of the molecule is Cc1cc2c(cc1C)C(=O)CC1(CCN(C(=O)c3ccc4c(c3)ncn4C)CC1)O2. The van der Waals surface area contributed by atoms with Gasteiger partial charge >= 0.3 is 0 Å². The van der Waals surface area contributed by atoms with Crippen molar-refractivity contribution in [1.29, 1.82) is 0 Å². The van der Waals surface area contributed by atoms with Crippen molar-refractivity contribution in [3.05, 3.63) is 58.9 Å². The van der Waals surface area contributed by atoms with E-state index in [-0.39, 0.29) is 11.7 Å². The van der Waals surface area contributed by atoms with E-state index in [2.05, 4.69) is 4.98 Å². The summed E-state index contributed by atoms with van der Waals surface area (Å²) >= 11 is 0. The highest BCUT2D eigenvalue weighted by Crippen LogP contribution is 2.40. The van der Waals surface area contributed by atoms with Crippen LogP contribution in [0.5, 0.6) is 5.75 Å². The number of imidazole rings is 1. The Kier molecular flexibility index (Phi) is 4.20. The van der Waals surface area contributed by atoms with E-state index in [0.717, 1.165) is 22.2 Å². The van der Waals surface area contributed by atoms with Gasteiger partial charge in [-0.05, 0) is 55.3 Å². The van der Waals surface area contributed by atoms with Gasteiger partial charge in [-0.2, -0.15) is 0 Å². The summed E-state index contributed by atoms with van der Waals surface area (Å²) < 4.78 is 8.33. The molecule has 1 aromatic heterocycles. The van der Waals surface area contributed by atoms with Gasteiger partial charge in [-0.25, -0.2) is 4.98 Å². The van der Waals surface area contributed by atoms with Gasteiger partial charge in [0.15, 0.2) is 5.78 Å². The number of piperidine rings is 1. The van der Waals surface area contributed by atoms with Crippen molar-refractivity contribution in [1.82, 2.24) is 14.5 Å². The number of carbonyl (C=O) groups is 2. The van der Waals surface area contributed by atoms with Gasteiger partial charge < -0.3 is 14.2 Å². The lowest BCUT2D eigenvalue weighted by molar-refractivity contribution is -0.00575. The fourth-order valence-corrected chi connectivity index (χ4v) is 4.60. The van der Waals surface area contributed by atoms with Crippen LogP contribution in [0, 0.1) is 13.8 Å². The predicted molar refractivity (Wildman–Crippen MR) is 114 cm³/mol. The number of ketones is 1. The number of hydrogen-bond acceptors (Lipinski definition) is 4. The zero-order valence-corrected chi connectivity index (χ0v) is 17.6. The molecule has 0 aliphatic carbocycles. The van der Waals surface area contributed by atoms with E-state index in [1.54, 1.807) is 6.33 Å². The number of rotatable bonds is 1. The Morgan fingerprint density at radius 2 is 1.83 bits per heavy atom. The van der Waals surface area contributed by atoms with Crippen LogP contribution >= 0.6 is 0 Å². The Bertz CT molecular complexity index is 1190. The molecule has 1 saturated heterocycles. The number of hydrogen-bond donors (Lipinski definition) is 0. The van der Waals surface area contributed by atoms with Gasteiger partial charge in [-0.1, -0.05) is 0 Å². The minimum atomic E-state index is -0.506. The predicted octanol–water partition coefficient (Wildman–Crippen LogP) is 3.83. The third kappa shape index (κ3) is 2.98. The molecule has 0 bridgehead atoms. The van der Waals surface area contributed by atoms with Crippen molar-refractivity contribution in [3.8, 4) is 5.75 Å². The van der Waals surface area contributed by atoms with Crippen LogP contribution in [0.15, 0.2) is 36.7 Å². The molecule has 6 nitrogen and oxygen atoms in total. The number of aromatic nitrogens is 2. The summed E-state index contributed by atoms with van der Waals surface area (Å²) in [6.07, 6.45) is 3.44. The Labute approximate surface area is 175 Å². The molecule has 0 atom stereocenters. The number of carbonyl (C=O) groups excluding carboxylic acids is 2. The van der Waals surface area contributed by atoms with Crippen LogP contribution < -0.4 is 4.74 Å². The number of ether oxygens (including phenoxy) is 1. The van der Waals surface area contributed by atoms with Gasteiger partial charge in [-0.15, -0.1) is 0 Å². The van der Waals surface area contributed by atoms with E-state index in [9.17, 15) is 9.59 Å². The van der Waals surface area contributed by atoms with E-state index in [0.29, 0.717) is 49.2 Å². The van der Waals surface area contributed by atoms with Gasteiger partial charge in [0.05, 0.1) is 29.3 Å². The van der Waals surface area contributed by atoms with Crippen molar-refractivity contribution >= 4 is 22.7 Å². The van der Waals surface area contributed by atoms with Gasteiger partial charge in [0.25, 0.3) is 5.91 Å². The number of amides is 1. The number of nitrogens with zero attached hydrogens (tertiary/aromatic N) is 3. The molecule has 2 aliphatic rings. The average Bonchev–Trinajstić information content (AvgIpc) is 3.10. The summed E-state index contributed by atoms with van der Waals surface area (Å²) in [5.74, 6) is 0.834. The van der Waals surface area contributed by atoms with Gasteiger partial charge in [0, 0.05) is 38.5 Å². The molecular formula is C24H25N3O3. The van der Waals surface area contributed by atoms with Crippen LogP contribution in [0.3, 0.4) is 0 Å². The highest BCUT2D eigenvalue weighted by atomic mass is 16.5. The molecule has 1 amide bonds. The molecule has 0 unspecified atom stereocenters. The molecule has 0 N–H and O–H groups in total. The van der Waals surface area contributed by atoms with Crippen molar-refractivity contribution in [2.45, 2.75) is 38.7 Å². The first-order valence-electron chi connectivity index (χ1n) is 10.4. The Morgan fingerprint density at radius 1 is 1.10 bits per heavy atom. The lowest BCUT2D eigenvalue weighted by atomic mass is 9.81. The smallest absolute Gasteiger partial charge is 0.253 e. The first-order chi connectivity index (χ1) is 14.3. The summed E-state index contributed by atoms with van der Waals surface area (Å²) in [4.78, 5) is 32.1. The number of fused-ring (bicyclic) bond motifs is 2. The molecule has 3 heterocycles. The van der Waals surface area contributed by atoms with Gasteiger partial charge in [0.1, 0.15) is 11.4 Å². The van der Waals surface area contributed by atoms with Crippen molar-refractivity contribution < 1.29 is 14.3 Å². The number of benzene rings is 2. The molecule has 1 spiro atoms. The molecule has 6 heteroatoms. The molecule has 30 heavy (non-hydrogen) atoms. The van der Waals surface area contributed by atoms with E-state index >= 15 is 0 Å². The van der Waals surface area contributed by atoms with Crippen LogP contribution in [0.1, 0.15) is 51.1 Å². The fraction of sp³-hybridized carbons (Fsp3) is 0.375. The minimum Gasteiger partial charge on any atom is -0.486 e. The van der Waals surface area contributed by atoms with E-state index < -0.39 is 5.60 Å². The third-order valence-electron chi connectivity index (χ3n) is 6.64. The lowest BCUT2D eigenvalue weighted by Gasteiger charge is -2.44. The maximum atomic E-state index is 13.0. The molecule has 0 saturated carbocycles. The van der Waals surface area contributed by atoms with Crippen LogP contribution in [-0.4, -0.2) is 44.8 Å². The van der Waals surface area contributed by atoms with E-state index in [1.807, 2.05) is 60.7 Å². The fourth-order valence-electron chi connectivity index (χ4n) is 4.60. The monoisotopic (exact) mass is 403 g/mol. The summed E-state index contributed by atoms with van der Waals surface area (Å²) in [6.45, 7) is 5.20. The highest BCUT2D eigenvalue weighted by molar-refractivity contribution is 6.01. The van der Waals surface area contributed by atoms with Crippen LogP contribution in [0.2, 0.25) is 0 Å². The Balaban J connectivity index is 1.33. The summed E-state index contributed by atoms with van der Waals surface area (Å²) in [7, 11) is 1.94. The molecule has 5 rings (SSSR count). The molecule has 1 fully saturated rings. The largest absolute Gasteiger partial charge is 0.486 e. The minimum absolute atomic E-state index is 0.00593. The van der Waals surface area contributed by atoms with Crippen LogP contribution in [-0.2, 0) is 7.05 Å². The van der Waals surface area contributed by atoms with Crippen LogP contribution in [0.25, 0.3) is 11.0 Å². The zero-order valence-electron chi connectivity index (χ0n) is 17.6. The number of aryl methyl sites for hydroxylation is 3. The highest BCUT2D eigenvalue weighted by Gasteiger charge is 2.43. The maximum Gasteiger partial charge on any atom is 0.253 e. The molecular weight excluding hydrogens is 378 g/mol. The summed E-state index contributed by atoms with van der Waals surface area (Å²) in [5, 5.41) is 0. The molecule has 2 aliphatic heterocycles. The van der Waals surface area contributed by atoms with Crippen molar-refractivity contribution in [2.24, 2.45) is 7.05 Å². The average molecular weight is 403 g/mol. The van der Waals surface area contributed by atoms with E-state index in [1.165, 1.54) is 0 Å². The molecule has 0 radical (unpaired) electrons. The quantitative estimate of drug-likeness (QED) is 0.619. The third-order valence-corrected chi connectivity index (χ3v) is 6.64. The Morgan fingerprint density at radius 3 is 2.60 bits per heavy atom. The molecule has 3 aromatic rings. The zero-order chi connectivity index (χ0) is 21.0. The second kappa shape index (κ2) is 6.69. The summed E-state index contributed by atoms with van der Waals surface area (Å²) in [5.41, 5.74) is 4.87. The second-order valence-corrected chi connectivity index (χ2v) is 8.67. The second-order valence-electron chi connectivity index (χ2n) is 8.67. The number of Topliss-reactive ketones (excluding diaryl/α,β-unsaturated/α-hetero) is 1. The maximum absolute atomic E-state index is 13.0. The first kappa shape index (κ1) is 18.9. The van der Waals surface area contributed by atoms with Crippen molar-refractivity contribution in [3.63, 3.8) is 0 Å². The molecule has 154 valence electrons. The number of likely N-dealkylation sites (tertiary alicyclic amines) is 1. The van der Waals surface area contributed by atoms with Crippen molar-refractivity contribution in [2.75, 3.05) is 13.1 Å². The van der Waals surface area contributed by atoms with Gasteiger partial charge in [-0.3, -0.25) is 9.59 Å². The summed E-state index contributed by atoms with van der Waals surface area (Å²) in [6, 6.07) is 9.56. The normalized spacial score (nSPS) is 17.8. The van der Waals surface area contributed by atoms with Crippen LogP contribution in [0.4, 0.5) is 0 Å². The Hall–Kier alpha value is -3.15. The standard InChI is InChI=1S/C24H25N3O3/c1-15-10-18-21(28)13-24(30-22(18)11-16(15)2)6-8-27(9-7-24)23(29)17-4-5-20-19(12-17)25-14-26(20)3/h4-5,10-12,14H,6-9,13H2,1-3H3. The van der Waals surface area contributed by atoms with E-state index in [4.69, 9.17) is 4.74 Å². The first-order valence-corrected chi connectivity index (χ1v) is 10.4. The molecule has 2 aromatic carbocycles. The topological polar surface area (TPSA) is 64.4 Å².